The third kappa shape index (κ3) is 4.56. The SMILES string of the molecule is CC(F)Oc1cccc(C(Nc2nc(-c3ccccc3)cs2)c2ccc3cccnc3c2O)c1. The Morgan fingerprint density at radius 2 is 1.85 bits per heavy atom. The molecule has 170 valence electrons. The Kier molecular flexibility index (Phi) is 6.10. The number of anilines is 1. The van der Waals surface area contributed by atoms with Crippen LogP contribution in [0.4, 0.5) is 9.52 Å². The summed E-state index contributed by atoms with van der Waals surface area (Å²) in [5.41, 5.74) is 3.82. The molecule has 2 atom stereocenters. The molecule has 0 aliphatic heterocycles. The number of aromatic nitrogens is 2. The maximum atomic E-state index is 13.5. The van der Waals surface area contributed by atoms with Crippen molar-refractivity contribution in [3.63, 3.8) is 0 Å². The van der Waals surface area contributed by atoms with Crippen molar-refractivity contribution in [2.75, 3.05) is 5.32 Å². The summed E-state index contributed by atoms with van der Waals surface area (Å²) in [6, 6.07) is 24.2. The monoisotopic (exact) mass is 471 g/mol. The Bertz CT molecular complexity index is 1420. The molecule has 0 bridgehead atoms. The Hall–Kier alpha value is -3.97. The maximum absolute atomic E-state index is 13.5. The van der Waals surface area contributed by atoms with E-state index in [9.17, 15) is 9.50 Å². The van der Waals surface area contributed by atoms with Crippen LogP contribution in [0.1, 0.15) is 24.1 Å². The molecule has 34 heavy (non-hydrogen) atoms. The van der Waals surface area contributed by atoms with Gasteiger partial charge in [-0.25, -0.2) is 9.37 Å². The highest BCUT2D eigenvalue weighted by Crippen LogP contribution is 2.38. The van der Waals surface area contributed by atoms with Crippen LogP contribution in [0.25, 0.3) is 22.2 Å². The van der Waals surface area contributed by atoms with E-state index in [1.807, 2.05) is 66.0 Å². The molecule has 0 saturated carbocycles. The molecule has 2 heterocycles. The van der Waals surface area contributed by atoms with Gasteiger partial charge in [0.05, 0.1) is 11.7 Å². The van der Waals surface area contributed by atoms with E-state index in [-0.39, 0.29) is 5.75 Å². The number of fused-ring (bicyclic) bond motifs is 1. The molecule has 0 saturated heterocycles. The fourth-order valence-electron chi connectivity index (χ4n) is 3.88. The lowest BCUT2D eigenvalue weighted by molar-refractivity contribution is 0.0859. The molecule has 0 radical (unpaired) electrons. The molecule has 2 unspecified atom stereocenters. The molecule has 7 heteroatoms. The van der Waals surface area contributed by atoms with E-state index in [2.05, 4.69) is 10.3 Å². The molecule has 0 amide bonds. The molecular weight excluding hydrogens is 449 g/mol. The first-order valence-electron chi connectivity index (χ1n) is 10.8. The summed E-state index contributed by atoms with van der Waals surface area (Å²) in [6.07, 6.45) is 0.213. The van der Waals surface area contributed by atoms with Gasteiger partial charge in [-0.3, -0.25) is 4.98 Å². The number of thiazole rings is 1. The first-order chi connectivity index (χ1) is 16.6. The van der Waals surface area contributed by atoms with E-state index in [1.54, 1.807) is 24.4 Å². The Morgan fingerprint density at radius 3 is 2.68 bits per heavy atom. The second-order valence-corrected chi connectivity index (χ2v) is 8.65. The van der Waals surface area contributed by atoms with Crippen LogP contribution in [0.3, 0.4) is 0 Å². The van der Waals surface area contributed by atoms with E-state index >= 15 is 0 Å². The number of ether oxygens (including phenoxy) is 1. The number of nitrogens with zero attached hydrogens (tertiary/aromatic N) is 2. The zero-order valence-corrected chi connectivity index (χ0v) is 19.2. The number of hydrogen-bond donors (Lipinski definition) is 2. The van der Waals surface area contributed by atoms with Gasteiger partial charge in [0, 0.05) is 35.0 Å². The summed E-state index contributed by atoms with van der Waals surface area (Å²) in [4.78, 5) is 9.11. The van der Waals surface area contributed by atoms with E-state index in [0.717, 1.165) is 22.2 Å². The van der Waals surface area contributed by atoms with Crippen molar-refractivity contribution in [2.45, 2.75) is 19.3 Å². The van der Waals surface area contributed by atoms with Crippen molar-refractivity contribution in [2.24, 2.45) is 0 Å². The minimum Gasteiger partial charge on any atom is -0.505 e. The van der Waals surface area contributed by atoms with Crippen molar-refractivity contribution in [1.82, 2.24) is 9.97 Å². The summed E-state index contributed by atoms with van der Waals surface area (Å²) in [5.74, 6) is 0.488. The standard InChI is InChI=1S/C27H22FN3O2S/c1-17(28)33-21-11-5-9-20(15-21)24(22-13-12-19-10-6-14-29-25(19)26(22)32)31-27-30-23(16-34-27)18-7-3-2-4-8-18/h2-17,24,32H,1H3,(H,30,31). The van der Waals surface area contributed by atoms with Gasteiger partial charge < -0.3 is 15.2 Å². The van der Waals surface area contributed by atoms with Crippen molar-refractivity contribution in [3.05, 3.63) is 102 Å². The van der Waals surface area contributed by atoms with E-state index in [1.165, 1.54) is 18.3 Å². The average molecular weight is 472 g/mol. The van der Waals surface area contributed by atoms with Gasteiger partial charge in [0.15, 0.2) is 5.13 Å². The minimum absolute atomic E-state index is 0.0839. The maximum Gasteiger partial charge on any atom is 0.235 e. The molecule has 5 aromatic rings. The second-order valence-electron chi connectivity index (χ2n) is 7.79. The van der Waals surface area contributed by atoms with Gasteiger partial charge in [0.2, 0.25) is 6.36 Å². The van der Waals surface area contributed by atoms with Crippen molar-refractivity contribution < 1.29 is 14.2 Å². The molecule has 2 N–H and O–H groups in total. The number of halogens is 1. The van der Waals surface area contributed by atoms with Crippen LogP contribution in [0.15, 0.2) is 90.4 Å². The number of phenols is 1. The van der Waals surface area contributed by atoms with Crippen LogP contribution in [0, 0.1) is 0 Å². The minimum atomic E-state index is -1.44. The number of hydrogen-bond acceptors (Lipinski definition) is 6. The van der Waals surface area contributed by atoms with Gasteiger partial charge in [-0.15, -0.1) is 11.3 Å². The smallest absolute Gasteiger partial charge is 0.235 e. The molecule has 3 aromatic carbocycles. The van der Waals surface area contributed by atoms with E-state index in [4.69, 9.17) is 9.72 Å². The van der Waals surface area contributed by atoms with Gasteiger partial charge >= 0.3 is 0 Å². The Labute approximate surface area is 200 Å². The van der Waals surface area contributed by atoms with Crippen LogP contribution in [0.5, 0.6) is 11.5 Å². The van der Waals surface area contributed by atoms with Crippen LogP contribution >= 0.6 is 11.3 Å². The predicted octanol–water partition coefficient (Wildman–Crippen LogP) is 6.96. The van der Waals surface area contributed by atoms with Crippen molar-refractivity contribution >= 4 is 27.4 Å². The second kappa shape index (κ2) is 9.49. The molecule has 0 aliphatic rings. The number of aromatic hydroxyl groups is 1. The number of nitrogens with one attached hydrogen (secondary N) is 1. The lowest BCUT2D eigenvalue weighted by atomic mass is 9.96. The molecule has 2 aromatic heterocycles. The fourth-order valence-corrected chi connectivity index (χ4v) is 4.63. The Balaban J connectivity index is 1.57. The van der Waals surface area contributed by atoms with Gasteiger partial charge in [-0.05, 0) is 23.8 Å². The first kappa shape index (κ1) is 21.9. The van der Waals surface area contributed by atoms with Crippen molar-refractivity contribution in [1.29, 1.82) is 0 Å². The third-order valence-electron chi connectivity index (χ3n) is 5.42. The quantitative estimate of drug-likeness (QED) is 0.269. The van der Waals surface area contributed by atoms with Crippen LogP contribution < -0.4 is 10.1 Å². The van der Waals surface area contributed by atoms with Crippen LogP contribution in [0.2, 0.25) is 0 Å². The lowest BCUT2D eigenvalue weighted by Gasteiger charge is -2.22. The topological polar surface area (TPSA) is 67.3 Å². The van der Waals surface area contributed by atoms with E-state index < -0.39 is 12.4 Å². The largest absolute Gasteiger partial charge is 0.505 e. The van der Waals surface area contributed by atoms with Crippen LogP contribution in [-0.2, 0) is 0 Å². The molecule has 0 aliphatic carbocycles. The summed E-state index contributed by atoms with van der Waals surface area (Å²) in [6.45, 7) is 1.34. The van der Waals surface area contributed by atoms with Gasteiger partial charge in [-0.2, -0.15) is 0 Å². The highest BCUT2D eigenvalue weighted by Gasteiger charge is 2.22. The van der Waals surface area contributed by atoms with Crippen molar-refractivity contribution in [3.8, 4) is 22.8 Å². The average Bonchev–Trinajstić information content (AvgIpc) is 3.32. The highest BCUT2D eigenvalue weighted by atomic mass is 32.1. The number of alkyl halides is 1. The molecule has 5 rings (SSSR count). The van der Waals surface area contributed by atoms with Gasteiger partial charge in [-0.1, -0.05) is 60.7 Å². The molecule has 0 fully saturated rings. The summed E-state index contributed by atoms with van der Waals surface area (Å²) in [5, 5.41) is 18.1. The normalized spacial score (nSPS) is 12.9. The number of phenolic OH excluding ortho intramolecular Hbond substituents is 1. The molecule has 0 spiro atoms. The number of pyridine rings is 1. The fraction of sp³-hybridized carbons (Fsp3) is 0.111. The zero-order chi connectivity index (χ0) is 23.5. The predicted molar refractivity (Wildman–Crippen MR) is 134 cm³/mol. The zero-order valence-electron chi connectivity index (χ0n) is 18.4. The highest BCUT2D eigenvalue weighted by molar-refractivity contribution is 7.14. The summed E-state index contributed by atoms with van der Waals surface area (Å²) < 4.78 is 18.8. The van der Waals surface area contributed by atoms with Crippen LogP contribution in [-0.4, -0.2) is 21.4 Å². The third-order valence-corrected chi connectivity index (χ3v) is 6.20. The summed E-state index contributed by atoms with van der Waals surface area (Å²) >= 11 is 1.48. The number of rotatable bonds is 7. The van der Waals surface area contributed by atoms with E-state index in [0.29, 0.717) is 22.0 Å². The number of benzene rings is 3. The Morgan fingerprint density at radius 1 is 1.00 bits per heavy atom. The first-order valence-corrected chi connectivity index (χ1v) is 11.7. The molecular formula is C27H22FN3O2S. The van der Waals surface area contributed by atoms with Gasteiger partial charge in [0.25, 0.3) is 0 Å². The summed E-state index contributed by atoms with van der Waals surface area (Å²) in [7, 11) is 0. The van der Waals surface area contributed by atoms with Gasteiger partial charge in [0.1, 0.15) is 17.0 Å². The molecule has 5 nitrogen and oxygen atoms in total. The lowest BCUT2D eigenvalue weighted by Crippen LogP contribution is -2.13.